The highest BCUT2D eigenvalue weighted by Crippen LogP contribution is 2.11. The average Bonchev–Trinajstić information content (AvgIpc) is 2.60. The quantitative estimate of drug-likeness (QED) is 0.801. The number of pyridine rings is 1. The van der Waals surface area contributed by atoms with Crippen molar-refractivity contribution in [3.8, 4) is 5.75 Å². The molecule has 2 N–H and O–H groups in total. The molecule has 6 nitrogen and oxygen atoms in total. The van der Waals surface area contributed by atoms with E-state index in [0.29, 0.717) is 6.54 Å². The van der Waals surface area contributed by atoms with Crippen LogP contribution >= 0.6 is 0 Å². The van der Waals surface area contributed by atoms with Gasteiger partial charge < -0.3 is 15.4 Å². The molecular formula is C17H19N3O3. The zero-order valence-electron chi connectivity index (χ0n) is 12.9. The second-order valence-electron chi connectivity index (χ2n) is 4.93. The fourth-order valence-corrected chi connectivity index (χ4v) is 1.93. The molecule has 2 aromatic rings. The Balaban J connectivity index is 1.69. The van der Waals surface area contributed by atoms with Gasteiger partial charge in [-0.1, -0.05) is 12.1 Å². The minimum atomic E-state index is -0.232. The SMILES string of the molecule is COc1ccc(CC(=O)NCC(=O)NCc2ccncc2)cc1. The third kappa shape index (κ3) is 5.78. The first-order valence-electron chi connectivity index (χ1n) is 7.22. The summed E-state index contributed by atoms with van der Waals surface area (Å²) in [6, 6.07) is 10.9. The molecule has 0 fully saturated rings. The molecule has 0 aliphatic heterocycles. The molecule has 120 valence electrons. The van der Waals surface area contributed by atoms with E-state index in [1.54, 1.807) is 31.6 Å². The van der Waals surface area contributed by atoms with Crippen LogP contribution in [0.4, 0.5) is 0 Å². The first-order valence-corrected chi connectivity index (χ1v) is 7.22. The smallest absolute Gasteiger partial charge is 0.239 e. The van der Waals surface area contributed by atoms with Gasteiger partial charge in [-0.3, -0.25) is 14.6 Å². The number of ether oxygens (including phenoxy) is 1. The average molecular weight is 313 g/mol. The van der Waals surface area contributed by atoms with Crippen molar-refractivity contribution < 1.29 is 14.3 Å². The number of amides is 2. The van der Waals surface area contributed by atoms with E-state index in [9.17, 15) is 9.59 Å². The van der Waals surface area contributed by atoms with Crippen LogP contribution in [0.25, 0.3) is 0 Å². The van der Waals surface area contributed by atoms with Crippen LogP contribution in [-0.2, 0) is 22.6 Å². The van der Waals surface area contributed by atoms with Crippen molar-refractivity contribution in [3.05, 3.63) is 59.9 Å². The molecule has 0 bridgehead atoms. The van der Waals surface area contributed by atoms with E-state index >= 15 is 0 Å². The Labute approximate surface area is 134 Å². The highest BCUT2D eigenvalue weighted by Gasteiger charge is 2.06. The predicted molar refractivity (Wildman–Crippen MR) is 85.8 cm³/mol. The zero-order valence-corrected chi connectivity index (χ0v) is 12.9. The summed E-state index contributed by atoms with van der Waals surface area (Å²) in [5, 5.41) is 5.34. The third-order valence-electron chi connectivity index (χ3n) is 3.21. The van der Waals surface area contributed by atoms with Crippen LogP contribution < -0.4 is 15.4 Å². The lowest BCUT2D eigenvalue weighted by Gasteiger charge is -2.07. The number of nitrogens with one attached hydrogen (secondary N) is 2. The van der Waals surface area contributed by atoms with Gasteiger partial charge in [-0.15, -0.1) is 0 Å². The van der Waals surface area contributed by atoms with E-state index in [4.69, 9.17) is 4.74 Å². The fourth-order valence-electron chi connectivity index (χ4n) is 1.93. The number of methoxy groups -OCH3 is 1. The molecule has 0 saturated carbocycles. The number of carbonyl (C=O) groups is 2. The Morgan fingerprint density at radius 2 is 1.65 bits per heavy atom. The van der Waals surface area contributed by atoms with Crippen molar-refractivity contribution in [2.45, 2.75) is 13.0 Å². The number of benzene rings is 1. The van der Waals surface area contributed by atoms with Crippen molar-refractivity contribution in [1.29, 1.82) is 0 Å². The van der Waals surface area contributed by atoms with E-state index in [1.807, 2.05) is 24.3 Å². The number of hydrogen-bond acceptors (Lipinski definition) is 4. The molecule has 1 heterocycles. The molecule has 0 spiro atoms. The molecule has 1 aromatic heterocycles. The second kappa shape index (κ2) is 8.53. The third-order valence-corrected chi connectivity index (χ3v) is 3.21. The zero-order chi connectivity index (χ0) is 16.5. The topological polar surface area (TPSA) is 80.3 Å². The molecule has 0 aliphatic carbocycles. The van der Waals surface area contributed by atoms with Crippen LogP contribution in [0.2, 0.25) is 0 Å². The molecule has 2 amide bonds. The first kappa shape index (κ1) is 16.5. The van der Waals surface area contributed by atoms with Crippen molar-refractivity contribution >= 4 is 11.8 Å². The van der Waals surface area contributed by atoms with Gasteiger partial charge in [0, 0.05) is 18.9 Å². The summed E-state index contributed by atoms with van der Waals surface area (Å²) in [7, 11) is 1.59. The lowest BCUT2D eigenvalue weighted by molar-refractivity contribution is -0.125. The van der Waals surface area contributed by atoms with Gasteiger partial charge in [0.25, 0.3) is 0 Å². The van der Waals surface area contributed by atoms with Crippen molar-refractivity contribution in [2.24, 2.45) is 0 Å². The molecule has 0 unspecified atom stereocenters. The van der Waals surface area contributed by atoms with Crippen molar-refractivity contribution in [2.75, 3.05) is 13.7 Å². The highest BCUT2D eigenvalue weighted by molar-refractivity contribution is 5.85. The van der Waals surface area contributed by atoms with Crippen LogP contribution in [0.3, 0.4) is 0 Å². The van der Waals surface area contributed by atoms with Crippen LogP contribution in [0.1, 0.15) is 11.1 Å². The minimum Gasteiger partial charge on any atom is -0.497 e. The number of rotatable bonds is 7. The normalized spacial score (nSPS) is 9.96. The molecule has 23 heavy (non-hydrogen) atoms. The number of nitrogens with zero attached hydrogens (tertiary/aromatic N) is 1. The number of hydrogen-bond donors (Lipinski definition) is 2. The van der Waals surface area contributed by atoms with Crippen molar-refractivity contribution in [3.63, 3.8) is 0 Å². The van der Waals surface area contributed by atoms with Crippen LogP contribution in [0.5, 0.6) is 5.75 Å². The standard InChI is InChI=1S/C17H19N3O3/c1-23-15-4-2-13(3-5-15)10-16(21)20-12-17(22)19-11-14-6-8-18-9-7-14/h2-9H,10-12H2,1H3,(H,19,22)(H,20,21). The van der Waals surface area contributed by atoms with Crippen molar-refractivity contribution in [1.82, 2.24) is 15.6 Å². The summed E-state index contributed by atoms with van der Waals surface area (Å²) in [4.78, 5) is 27.4. The Hall–Kier alpha value is -2.89. The van der Waals surface area contributed by atoms with E-state index in [0.717, 1.165) is 16.9 Å². The van der Waals surface area contributed by atoms with Gasteiger partial charge in [-0.2, -0.15) is 0 Å². The molecule has 0 aliphatic rings. The minimum absolute atomic E-state index is 0.0416. The Morgan fingerprint density at radius 1 is 0.957 bits per heavy atom. The molecule has 6 heteroatoms. The van der Waals surface area contributed by atoms with Gasteiger partial charge in [0.05, 0.1) is 20.1 Å². The predicted octanol–water partition coefficient (Wildman–Crippen LogP) is 1.07. The van der Waals surface area contributed by atoms with Gasteiger partial charge in [0.1, 0.15) is 5.75 Å². The molecule has 0 atom stereocenters. The number of carbonyl (C=O) groups excluding carboxylic acids is 2. The van der Waals surface area contributed by atoms with Gasteiger partial charge in [-0.25, -0.2) is 0 Å². The largest absolute Gasteiger partial charge is 0.497 e. The molecule has 2 rings (SSSR count). The van der Waals surface area contributed by atoms with Gasteiger partial charge >= 0.3 is 0 Å². The summed E-state index contributed by atoms with van der Waals surface area (Å²) >= 11 is 0. The lowest BCUT2D eigenvalue weighted by atomic mass is 10.1. The molecule has 0 saturated heterocycles. The summed E-state index contributed by atoms with van der Waals surface area (Å²) in [6.45, 7) is 0.371. The van der Waals surface area contributed by atoms with E-state index in [2.05, 4.69) is 15.6 Å². The monoisotopic (exact) mass is 313 g/mol. The van der Waals surface area contributed by atoms with Gasteiger partial charge in [0.15, 0.2) is 0 Å². The summed E-state index contributed by atoms with van der Waals surface area (Å²) in [5.74, 6) is 0.309. The molecule has 0 radical (unpaired) electrons. The molecule has 1 aromatic carbocycles. The highest BCUT2D eigenvalue weighted by atomic mass is 16.5. The maximum Gasteiger partial charge on any atom is 0.239 e. The number of aromatic nitrogens is 1. The Kier molecular flexibility index (Phi) is 6.11. The fraction of sp³-hybridized carbons (Fsp3) is 0.235. The maximum absolute atomic E-state index is 11.8. The Morgan fingerprint density at radius 3 is 2.30 bits per heavy atom. The maximum atomic E-state index is 11.8. The second-order valence-corrected chi connectivity index (χ2v) is 4.93. The summed E-state index contributed by atoms with van der Waals surface area (Å²) < 4.78 is 5.06. The lowest BCUT2D eigenvalue weighted by Crippen LogP contribution is -2.37. The summed E-state index contributed by atoms with van der Waals surface area (Å²) in [6.07, 6.45) is 3.55. The van der Waals surface area contributed by atoms with Crippen LogP contribution in [0, 0.1) is 0 Å². The molecular weight excluding hydrogens is 294 g/mol. The summed E-state index contributed by atoms with van der Waals surface area (Å²) in [5.41, 5.74) is 1.82. The van der Waals surface area contributed by atoms with E-state index < -0.39 is 0 Å². The van der Waals surface area contributed by atoms with Gasteiger partial charge in [0.2, 0.25) is 11.8 Å². The van der Waals surface area contributed by atoms with Gasteiger partial charge in [-0.05, 0) is 35.4 Å². The van der Waals surface area contributed by atoms with E-state index in [1.165, 1.54) is 0 Å². The first-order chi connectivity index (χ1) is 11.2. The Bertz CT molecular complexity index is 642. The van der Waals surface area contributed by atoms with Crippen LogP contribution in [0.15, 0.2) is 48.8 Å². The van der Waals surface area contributed by atoms with E-state index in [-0.39, 0.29) is 24.8 Å². The van der Waals surface area contributed by atoms with Crippen LogP contribution in [-0.4, -0.2) is 30.5 Å².